The van der Waals surface area contributed by atoms with Crippen molar-refractivity contribution in [1.82, 2.24) is 0 Å². The summed E-state index contributed by atoms with van der Waals surface area (Å²) in [6.07, 6.45) is 48.3. The fourth-order valence-electron chi connectivity index (χ4n) is 10.8. The quantitative estimate of drug-likeness (QED) is 0.0248. The van der Waals surface area contributed by atoms with Crippen molar-refractivity contribution in [3.8, 4) is 0 Å². The number of benzene rings is 4. The summed E-state index contributed by atoms with van der Waals surface area (Å²) in [5.41, 5.74) is 3.71. The standard InChI is InChI=1S/2C32H52O3S.Ca/c2*1-3-5-7-9-11-13-15-17-19-22-28-24-21-25-31-30(28)27-26-29(32(31)36(33,34)35)23-20-18-16-14-12-10-8-6-4-2;/h2*21,24-27H,3-20,22-23H2,1-2H3,(H,33,34,35);/q;;+2/p-2. The maximum Gasteiger partial charge on any atom is 2.00 e. The van der Waals surface area contributed by atoms with Crippen LogP contribution in [0.2, 0.25) is 0 Å². The number of unbranched alkanes of at least 4 members (excludes halogenated alkanes) is 32. The second-order valence-electron chi connectivity index (χ2n) is 21.4. The molecule has 0 aliphatic rings. The minimum atomic E-state index is -4.53. The molecule has 0 heterocycles. The molecule has 6 nitrogen and oxygen atoms in total. The van der Waals surface area contributed by atoms with Crippen LogP contribution in [0.4, 0.5) is 0 Å². The van der Waals surface area contributed by atoms with E-state index in [-0.39, 0.29) is 47.5 Å². The first-order valence-corrected chi connectivity index (χ1v) is 32.8. The normalized spacial score (nSPS) is 11.8. The molecule has 9 heteroatoms. The van der Waals surface area contributed by atoms with Crippen molar-refractivity contribution in [2.45, 2.75) is 294 Å². The smallest absolute Gasteiger partial charge is 0.744 e. The maximum atomic E-state index is 12.3. The first kappa shape index (κ1) is 67.6. The molecule has 73 heavy (non-hydrogen) atoms. The third-order valence-electron chi connectivity index (χ3n) is 15.1. The SMILES string of the molecule is CCCCCCCCCCCc1ccc2c(CCCCCCCCCCC)cccc2c1S(=O)(=O)[O-].CCCCCCCCCCCc1ccc2c(CCCCCCCCCCC)cccc2c1S(=O)(=O)[O-].[Ca+2]. The van der Waals surface area contributed by atoms with Gasteiger partial charge in [-0.25, -0.2) is 16.8 Å². The Hall–Kier alpha value is -1.52. The molecule has 0 aromatic heterocycles. The van der Waals surface area contributed by atoms with Crippen LogP contribution in [0.25, 0.3) is 21.5 Å². The average Bonchev–Trinajstić information content (AvgIpc) is 3.35. The molecule has 0 saturated carbocycles. The first-order chi connectivity index (χ1) is 35.0. The van der Waals surface area contributed by atoms with E-state index in [4.69, 9.17) is 0 Å². The van der Waals surface area contributed by atoms with E-state index in [1.54, 1.807) is 0 Å². The minimum absolute atomic E-state index is 0. The zero-order valence-corrected chi connectivity index (χ0v) is 50.9. The molecule has 0 N–H and O–H groups in total. The molecule has 0 fully saturated rings. The van der Waals surface area contributed by atoms with E-state index >= 15 is 0 Å². The van der Waals surface area contributed by atoms with E-state index in [2.05, 4.69) is 52.0 Å². The Morgan fingerprint density at radius 1 is 0.274 bits per heavy atom. The Labute approximate surface area is 478 Å². The second kappa shape index (κ2) is 41.6. The summed E-state index contributed by atoms with van der Waals surface area (Å²) < 4.78 is 73.9. The van der Waals surface area contributed by atoms with Crippen LogP contribution in [0.3, 0.4) is 0 Å². The van der Waals surface area contributed by atoms with Crippen LogP contribution in [-0.2, 0) is 45.9 Å². The van der Waals surface area contributed by atoms with Crippen molar-refractivity contribution in [2.75, 3.05) is 0 Å². The molecule has 408 valence electrons. The molecule has 0 atom stereocenters. The van der Waals surface area contributed by atoms with Crippen molar-refractivity contribution in [1.29, 1.82) is 0 Å². The summed E-state index contributed by atoms with van der Waals surface area (Å²) in [4.78, 5) is 0.0435. The van der Waals surface area contributed by atoms with Gasteiger partial charge in [0.25, 0.3) is 0 Å². The second-order valence-corrected chi connectivity index (χ2v) is 24.0. The largest absolute Gasteiger partial charge is 2.00 e. The van der Waals surface area contributed by atoms with Gasteiger partial charge in [0, 0.05) is 0 Å². The Kier molecular flexibility index (Phi) is 38.5. The van der Waals surface area contributed by atoms with Crippen LogP contribution in [0.5, 0.6) is 0 Å². The molecule has 4 aromatic carbocycles. The van der Waals surface area contributed by atoms with Gasteiger partial charge >= 0.3 is 37.7 Å². The Bertz CT molecular complexity index is 2100. The van der Waals surface area contributed by atoms with Crippen molar-refractivity contribution in [3.63, 3.8) is 0 Å². The van der Waals surface area contributed by atoms with Gasteiger partial charge in [-0.3, -0.25) is 0 Å². The van der Waals surface area contributed by atoms with Crippen molar-refractivity contribution >= 4 is 79.5 Å². The van der Waals surface area contributed by atoms with Crippen LogP contribution in [0.1, 0.15) is 281 Å². The van der Waals surface area contributed by atoms with Gasteiger partial charge in [-0.15, -0.1) is 0 Å². The van der Waals surface area contributed by atoms with Gasteiger partial charge in [-0.05, 0) is 95.2 Å². The van der Waals surface area contributed by atoms with Gasteiger partial charge in [0.2, 0.25) is 0 Å². The van der Waals surface area contributed by atoms with Gasteiger partial charge in [0.15, 0.2) is 0 Å². The van der Waals surface area contributed by atoms with Gasteiger partial charge in [-0.1, -0.05) is 294 Å². The molecular weight excluding hydrogens is 969 g/mol. The van der Waals surface area contributed by atoms with Gasteiger partial charge < -0.3 is 9.11 Å². The van der Waals surface area contributed by atoms with Crippen molar-refractivity contribution in [2.24, 2.45) is 0 Å². The Morgan fingerprint density at radius 3 is 0.726 bits per heavy atom. The Balaban J connectivity index is 0.000000493. The summed E-state index contributed by atoms with van der Waals surface area (Å²) in [7, 11) is -9.06. The predicted octanol–water partition coefficient (Wildman–Crippen LogP) is 19.4. The number of aryl methyl sites for hydroxylation is 4. The molecule has 0 unspecified atom stereocenters. The predicted molar refractivity (Wildman–Crippen MR) is 313 cm³/mol. The first-order valence-electron chi connectivity index (χ1n) is 30.0. The summed E-state index contributed by atoms with van der Waals surface area (Å²) >= 11 is 0. The molecule has 4 aromatic rings. The van der Waals surface area contributed by atoms with E-state index in [0.717, 1.165) is 73.3 Å². The molecule has 0 radical (unpaired) electrons. The van der Waals surface area contributed by atoms with E-state index in [0.29, 0.717) is 34.7 Å². The average molecular weight is 1070 g/mol. The summed E-state index contributed by atoms with van der Waals surface area (Å²) in [6, 6.07) is 19.6. The van der Waals surface area contributed by atoms with Crippen LogP contribution >= 0.6 is 0 Å². The topological polar surface area (TPSA) is 114 Å². The summed E-state index contributed by atoms with van der Waals surface area (Å²) in [5.74, 6) is 0. The van der Waals surface area contributed by atoms with Crippen molar-refractivity contribution in [3.05, 3.63) is 82.9 Å². The molecule has 0 spiro atoms. The van der Waals surface area contributed by atoms with E-state index in [9.17, 15) is 25.9 Å². The molecule has 0 aliphatic heterocycles. The molecule has 4 rings (SSSR count). The molecule has 0 aliphatic carbocycles. The minimum Gasteiger partial charge on any atom is -0.744 e. The number of hydrogen-bond acceptors (Lipinski definition) is 6. The maximum absolute atomic E-state index is 12.3. The summed E-state index contributed by atoms with van der Waals surface area (Å²) in [5, 5.41) is 3.10. The Morgan fingerprint density at radius 2 is 0.493 bits per heavy atom. The van der Waals surface area contributed by atoms with E-state index in [1.807, 2.05) is 36.4 Å². The van der Waals surface area contributed by atoms with Gasteiger partial charge in [0.1, 0.15) is 20.2 Å². The fraction of sp³-hybridized carbons (Fsp3) is 0.688. The van der Waals surface area contributed by atoms with E-state index in [1.165, 1.54) is 193 Å². The van der Waals surface area contributed by atoms with Crippen LogP contribution < -0.4 is 0 Å². The zero-order chi connectivity index (χ0) is 52.1. The van der Waals surface area contributed by atoms with Gasteiger partial charge in [0.05, 0.1) is 9.79 Å². The monoisotopic (exact) mass is 1070 g/mol. The number of fused-ring (bicyclic) bond motifs is 2. The third-order valence-corrected chi connectivity index (χ3v) is 17.0. The van der Waals surface area contributed by atoms with Crippen LogP contribution in [0, 0.1) is 0 Å². The van der Waals surface area contributed by atoms with Crippen LogP contribution in [-0.4, -0.2) is 63.7 Å². The van der Waals surface area contributed by atoms with E-state index < -0.39 is 20.2 Å². The third kappa shape index (κ3) is 28.1. The molecule has 0 bridgehead atoms. The molecule has 0 amide bonds. The molecule has 0 saturated heterocycles. The zero-order valence-electron chi connectivity index (χ0n) is 47.0. The van der Waals surface area contributed by atoms with Gasteiger partial charge in [-0.2, -0.15) is 0 Å². The van der Waals surface area contributed by atoms with Crippen molar-refractivity contribution < 1.29 is 25.9 Å². The number of rotatable bonds is 42. The molecular formula is C64H102CaO6S2. The number of hydrogen-bond donors (Lipinski definition) is 0. The summed E-state index contributed by atoms with van der Waals surface area (Å²) in [6.45, 7) is 8.98. The van der Waals surface area contributed by atoms with Crippen LogP contribution in [0.15, 0.2) is 70.5 Å². The fourth-order valence-corrected chi connectivity index (χ4v) is 12.7.